The largest absolute Gasteiger partial charge is 0.467 e. The lowest BCUT2D eigenvalue weighted by molar-refractivity contribution is -0.136. The normalized spacial score (nSPS) is 14.3. The number of hydrogen-bond donors (Lipinski definition) is 2. The number of nitrogens with one attached hydrogen (secondary N) is 2. The fraction of sp³-hybridized carbons (Fsp3) is 0.154. The fourth-order valence-electron chi connectivity index (χ4n) is 3.64. The molecule has 0 spiro atoms. The molecule has 0 atom stereocenters. The molecule has 3 amide bonds. The Bertz CT molecular complexity index is 1350. The number of carbonyl (C=O) groups is 4. The third-order valence-corrected chi connectivity index (χ3v) is 5.43. The molecule has 1 aromatic carbocycles. The molecule has 36 heavy (non-hydrogen) atoms. The number of benzene rings is 1. The van der Waals surface area contributed by atoms with Crippen LogP contribution in [0.5, 0.6) is 0 Å². The molecule has 0 unspecified atom stereocenters. The van der Waals surface area contributed by atoms with E-state index in [4.69, 9.17) is 13.6 Å². The Morgan fingerprint density at radius 2 is 1.78 bits per heavy atom. The van der Waals surface area contributed by atoms with Gasteiger partial charge >= 0.3 is 17.8 Å². The summed E-state index contributed by atoms with van der Waals surface area (Å²) in [6.45, 7) is 1.75. The van der Waals surface area contributed by atoms with Gasteiger partial charge in [0, 0.05) is 11.4 Å². The Morgan fingerprint density at radius 1 is 1.00 bits per heavy atom. The van der Waals surface area contributed by atoms with E-state index in [1.165, 1.54) is 24.3 Å². The standard InChI is InChI=1S/C26H23N3O7/c1-16-22(26(33)34-2)21(25(32)29(16)15-20-9-6-12-35-20)13-18-10-11-19(36-18)14-27-23(30)24(31)28-17-7-4-3-5-8-17/h3-13H,14-15H2,1-2H3,(H,27,30)(H,28,31)/b21-13+. The van der Waals surface area contributed by atoms with Gasteiger partial charge in [-0.25, -0.2) is 4.79 Å². The summed E-state index contributed by atoms with van der Waals surface area (Å²) in [6.07, 6.45) is 2.94. The van der Waals surface area contributed by atoms with Gasteiger partial charge in [0.05, 0.1) is 37.6 Å². The average molecular weight is 489 g/mol. The zero-order chi connectivity index (χ0) is 25.7. The first kappa shape index (κ1) is 24.3. The number of nitrogens with zero attached hydrogens (tertiary/aromatic N) is 1. The summed E-state index contributed by atoms with van der Waals surface area (Å²) >= 11 is 0. The van der Waals surface area contributed by atoms with Crippen LogP contribution in [0, 0.1) is 0 Å². The molecule has 184 valence electrons. The Hall–Kier alpha value is -4.86. The van der Waals surface area contributed by atoms with Crippen LogP contribution in [-0.2, 0) is 37.0 Å². The van der Waals surface area contributed by atoms with Crippen molar-refractivity contribution < 1.29 is 32.7 Å². The molecule has 2 aromatic heterocycles. The number of amides is 3. The van der Waals surface area contributed by atoms with E-state index in [1.807, 2.05) is 0 Å². The lowest BCUT2D eigenvalue weighted by atomic mass is 10.1. The van der Waals surface area contributed by atoms with E-state index in [1.54, 1.807) is 61.5 Å². The van der Waals surface area contributed by atoms with Gasteiger partial charge in [-0.3, -0.25) is 14.4 Å². The minimum atomic E-state index is -0.832. The number of furan rings is 2. The van der Waals surface area contributed by atoms with E-state index < -0.39 is 23.7 Å². The van der Waals surface area contributed by atoms with Gasteiger partial charge in [-0.15, -0.1) is 0 Å². The van der Waals surface area contributed by atoms with E-state index in [-0.39, 0.29) is 30.0 Å². The third-order valence-electron chi connectivity index (χ3n) is 5.43. The summed E-state index contributed by atoms with van der Waals surface area (Å²) in [5, 5.41) is 4.97. The number of carbonyl (C=O) groups excluding carboxylic acids is 4. The van der Waals surface area contributed by atoms with Gasteiger partial charge in [-0.05, 0) is 49.4 Å². The van der Waals surface area contributed by atoms with E-state index in [0.717, 1.165) is 0 Å². The molecule has 10 heteroatoms. The van der Waals surface area contributed by atoms with Gasteiger partial charge in [0.1, 0.15) is 17.3 Å². The fourth-order valence-corrected chi connectivity index (χ4v) is 3.64. The number of hydrogen-bond acceptors (Lipinski definition) is 7. The molecule has 3 aromatic rings. The number of para-hydroxylation sites is 1. The number of methoxy groups -OCH3 is 1. The molecule has 0 saturated heterocycles. The molecule has 0 bridgehead atoms. The van der Waals surface area contributed by atoms with Crippen molar-refractivity contribution in [2.24, 2.45) is 0 Å². The van der Waals surface area contributed by atoms with Gasteiger partial charge in [-0.1, -0.05) is 18.2 Å². The highest BCUT2D eigenvalue weighted by Gasteiger charge is 2.37. The van der Waals surface area contributed by atoms with E-state index in [9.17, 15) is 19.2 Å². The van der Waals surface area contributed by atoms with E-state index in [0.29, 0.717) is 22.9 Å². The van der Waals surface area contributed by atoms with E-state index >= 15 is 0 Å². The van der Waals surface area contributed by atoms with Crippen LogP contribution in [0.15, 0.2) is 86.5 Å². The van der Waals surface area contributed by atoms with Crippen molar-refractivity contribution in [1.29, 1.82) is 0 Å². The Balaban J connectivity index is 1.46. The van der Waals surface area contributed by atoms with Crippen LogP contribution in [0.1, 0.15) is 24.2 Å². The SMILES string of the molecule is COC(=O)C1=C(C)N(Cc2ccco2)C(=O)/C1=C/c1ccc(CNC(=O)C(=O)Nc2ccccc2)o1. The predicted molar refractivity (Wildman–Crippen MR) is 128 cm³/mol. The van der Waals surface area contributed by atoms with Gasteiger partial charge in [-0.2, -0.15) is 0 Å². The topological polar surface area (TPSA) is 131 Å². The highest BCUT2D eigenvalue weighted by molar-refractivity contribution is 6.39. The number of ether oxygens (including phenoxy) is 1. The van der Waals surface area contributed by atoms with Crippen LogP contribution < -0.4 is 10.6 Å². The van der Waals surface area contributed by atoms with Crippen LogP contribution in [0.3, 0.4) is 0 Å². The lowest BCUT2D eigenvalue weighted by Gasteiger charge is -2.15. The van der Waals surface area contributed by atoms with Crippen molar-refractivity contribution in [1.82, 2.24) is 10.2 Å². The smallest absolute Gasteiger partial charge is 0.340 e. The van der Waals surface area contributed by atoms with Crippen LogP contribution in [0.4, 0.5) is 5.69 Å². The number of anilines is 1. The van der Waals surface area contributed by atoms with Crippen molar-refractivity contribution in [2.75, 3.05) is 12.4 Å². The van der Waals surface area contributed by atoms with Crippen molar-refractivity contribution in [2.45, 2.75) is 20.0 Å². The Kier molecular flexibility index (Phi) is 7.15. The average Bonchev–Trinajstić information content (AvgIpc) is 3.61. The maximum atomic E-state index is 13.1. The first-order valence-electron chi connectivity index (χ1n) is 11.0. The van der Waals surface area contributed by atoms with E-state index in [2.05, 4.69) is 10.6 Å². The summed E-state index contributed by atoms with van der Waals surface area (Å²) in [6, 6.07) is 15.2. The van der Waals surface area contributed by atoms with Crippen molar-refractivity contribution in [3.8, 4) is 0 Å². The minimum Gasteiger partial charge on any atom is -0.467 e. The second-order valence-corrected chi connectivity index (χ2v) is 7.79. The highest BCUT2D eigenvalue weighted by atomic mass is 16.5. The molecular formula is C26H23N3O7. The zero-order valence-electron chi connectivity index (χ0n) is 19.6. The molecular weight excluding hydrogens is 466 g/mol. The summed E-state index contributed by atoms with van der Waals surface area (Å²) in [5.74, 6) is -1.52. The van der Waals surface area contributed by atoms with Crippen molar-refractivity contribution in [3.05, 3.63) is 95.0 Å². The van der Waals surface area contributed by atoms with Crippen LogP contribution in [0.25, 0.3) is 6.08 Å². The Labute approximate surface area is 206 Å². The van der Waals surface area contributed by atoms with Gasteiger partial charge in [0.25, 0.3) is 5.91 Å². The monoisotopic (exact) mass is 489 g/mol. The Morgan fingerprint density at radius 3 is 2.47 bits per heavy atom. The number of esters is 1. The lowest BCUT2D eigenvalue weighted by Crippen LogP contribution is -2.34. The molecule has 3 heterocycles. The molecule has 0 aliphatic carbocycles. The van der Waals surface area contributed by atoms with Crippen LogP contribution >= 0.6 is 0 Å². The van der Waals surface area contributed by atoms with Crippen LogP contribution in [-0.4, -0.2) is 35.7 Å². The molecule has 1 aliphatic rings. The molecule has 0 saturated carbocycles. The summed E-state index contributed by atoms with van der Waals surface area (Å²) < 4.78 is 15.9. The molecule has 1 aliphatic heterocycles. The van der Waals surface area contributed by atoms with Crippen LogP contribution in [0.2, 0.25) is 0 Å². The first-order valence-corrected chi connectivity index (χ1v) is 11.0. The maximum absolute atomic E-state index is 13.1. The molecule has 0 radical (unpaired) electrons. The maximum Gasteiger partial charge on any atom is 0.340 e. The molecule has 10 nitrogen and oxygen atoms in total. The third kappa shape index (κ3) is 5.27. The quantitative estimate of drug-likeness (QED) is 0.296. The van der Waals surface area contributed by atoms with Gasteiger partial charge in [0.2, 0.25) is 0 Å². The second-order valence-electron chi connectivity index (χ2n) is 7.79. The molecule has 2 N–H and O–H groups in total. The zero-order valence-corrected chi connectivity index (χ0v) is 19.6. The van der Waals surface area contributed by atoms with Gasteiger partial charge < -0.3 is 29.1 Å². The second kappa shape index (κ2) is 10.6. The summed E-state index contributed by atoms with van der Waals surface area (Å²) in [5.41, 5.74) is 1.16. The van der Waals surface area contributed by atoms with Gasteiger partial charge in [0.15, 0.2) is 0 Å². The summed E-state index contributed by atoms with van der Waals surface area (Å²) in [4.78, 5) is 51.2. The number of rotatable bonds is 7. The number of allylic oxidation sites excluding steroid dienone is 1. The van der Waals surface area contributed by atoms with Crippen molar-refractivity contribution >= 4 is 35.5 Å². The molecule has 4 rings (SSSR count). The predicted octanol–water partition coefficient (Wildman–Crippen LogP) is 3.00. The minimum absolute atomic E-state index is 0.0541. The molecule has 0 fully saturated rings. The van der Waals surface area contributed by atoms with Crippen molar-refractivity contribution in [3.63, 3.8) is 0 Å². The summed E-state index contributed by atoms with van der Waals surface area (Å²) in [7, 11) is 1.24. The first-order chi connectivity index (χ1) is 17.4. The highest BCUT2D eigenvalue weighted by Crippen LogP contribution is 2.33.